The van der Waals surface area contributed by atoms with E-state index in [9.17, 15) is 4.39 Å². The van der Waals surface area contributed by atoms with Crippen molar-refractivity contribution in [1.29, 1.82) is 0 Å². The zero-order chi connectivity index (χ0) is 33.2. The average molecular weight is 675 g/mol. The lowest BCUT2D eigenvalue weighted by Gasteiger charge is -2.36. The summed E-state index contributed by atoms with van der Waals surface area (Å²) in [6, 6.07) is 48.7. The van der Waals surface area contributed by atoms with E-state index >= 15 is 0 Å². The number of thioether (sulfide) groups is 1. The zero-order valence-electron chi connectivity index (χ0n) is 26.7. The lowest BCUT2D eigenvalue weighted by molar-refractivity contribution is 0.461. The van der Waals surface area contributed by atoms with E-state index in [2.05, 4.69) is 126 Å². The van der Waals surface area contributed by atoms with Gasteiger partial charge in [0.1, 0.15) is 23.4 Å². The van der Waals surface area contributed by atoms with Crippen molar-refractivity contribution in [3.05, 3.63) is 181 Å². The Kier molecular flexibility index (Phi) is 8.37. The first-order valence-corrected chi connectivity index (χ1v) is 18.0. The third kappa shape index (κ3) is 5.65. The maximum atomic E-state index is 14.3. The Morgan fingerprint density at radius 3 is 1.90 bits per heavy atom. The Balaban J connectivity index is 1.41. The molecule has 0 unspecified atom stereocenters. The second kappa shape index (κ2) is 13.3. The Morgan fingerprint density at radius 1 is 0.673 bits per heavy atom. The molecule has 49 heavy (non-hydrogen) atoms. The van der Waals surface area contributed by atoms with E-state index in [-0.39, 0.29) is 5.82 Å². The second-order valence-electron chi connectivity index (χ2n) is 11.7. The van der Waals surface area contributed by atoms with Gasteiger partial charge >= 0.3 is 0 Å². The topological polar surface area (TPSA) is 43.6 Å². The SMILES string of the molecule is CCSc1ccc(-c2ncnc3ccc(-c4cn(C(c5ccccc5)(c5ccccc5)c5ccccc5)nc4-c4ccc(F)cc4)cc23)s1. The highest BCUT2D eigenvalue weighted by molar-refractivity contribution is 8.01. The molecule has 0 amide bonds. The number of nitrogens with zero attached hydrogens (tertiary/aromatic N) is 4. The van der Waals surface area contributed by atoms with Crippen LogP contribution in [0.3, 0.4) is 0 Å². The maximum Gasteiger partial charge on any atom is 0.138 e. The van der Waals surface area contributed by atoms with Crippen molar-refractivity contribution < 1.29 is 4.39 Å². The molecule has 0 fully saturated rings. The number of benzene rings is 5. The van der Waals surface area contributed by atoms with Crippen LogP contribution in [-0.2, 0) is 5.54 Å². The lowest BCUT2D eigenvalue weighted by Crippen LogP contribution is -2.38. The predicted octanol–water partition coefficient (Wildman–Crippen LogP) is 11.0. The maximum absolute atomic E-state index is 14.3. The van der Waals surface area contributed by atoms with Gasteiger partial charge in [-0.15, -0.1) is 23.1 Å². The number of hydrogen-bond acceptors (Lipinski definition) is 5. The molecule has 0 N–H and O–H groups in total. The number of aromatic nitrogens is 4. The van der Waals surface area contributed by atoms with Gasteiger partial charge in [0.15, 0.2) is 0 Å². The molecule has 0 saturated heterocycles. The van der Waals surface area contributed by atoms with Crippen LogP contribution in [0.5, 0.6) is 0 Å². The highest BCUT2D eigenvalue weighted by Gasteiger charge is 2.40. The predicted molar refractivity (Wildman–Crippen MR) is 200 cm³/mol. The molecule has 0 aliphatic heterocycles. The normalized spacial score (nSPS) is 11.6. The van der Waals surface area contributed by atoms with Crippen LogP contribution in [-0.4, -0.2) is 25.5 Å². The molecule has 8 rings (SSSR count). The van der Waals surface area contributed by atoms with Crippen molar-refractivity contribution in [2.45, 2.75) is 16.7 Å². The van der Waals surface area contributed by atoms with Gasteiger partial charge in [-0.25, -0.2) is 14.4 Å². The van der Waals surface area contributed by atoms with E-state index in [0.29, 0.717) is 0 Å². The van der Waals surface area contributed by atoms with E-state index in [1.165, 1.54) is 16.3 Å². The summed E-state index contributed by atoms with van der Waals surface area (Å²) >= 11 is 3.58. The molecule has 7 heteroatoms. The molecule has 0 aliphatic carbocycles. The van der Waals surface area contributed by atoms with Crippen molar-refractivity contribution in [2.75, 3.05) is 5.75 Å². The molecule has 0 radical (unpaired) electrons. The average Bonchev–Trinajstić information content (AvgIpc) is 3.82. The van der Waals surface area contributed by atoms with Crippen molar-refractivity contribution in [2.24, 2.45) is 0 Å². The largest absolute Gasteiger partial charge is 0.252 e. The summed E-state index contributed by atoms with van der Waals surface area (Å²) < 4.78 is 17.6. The number of halogens is 1. The molecule has 238 valence electrons. The molecule has 3 aromatic heterocycles. The summed E-state index contributed by atoms with van der Waals surface area (Å²) in [6.07, 6.45) is 3.77. The fraction of sp³-hybridized carbons (Fsp3) is 0.0714. The molecule has 0 spiro atoms. The first-order chi connectivity index (χ1) is 24.1. The minimum atomic E-state index is -0.813. The van der Waals surface area contributed by atoms with Crippen LogP contribution in [0.15, 0.2) is 162 Å². The summed E-state index contributed by atoms with van der Waals surface area (Å²) in [4.78, 5) is 10.5. The highest BCUT2D eigenvalue weighted by atomic mass is 32.2. The van der Waals surface area contributed by atoms with Crippen LogP contribution < -0.4 is 0 Å². The zero-order valence-corrected chi connectivity index (χ0v) is 28.3. The Hall–Kier alpha value is -5.37. The molecule has 5 aromatic carbocycles. The lowest BCUT2D eigenvalue weighted by atomic mass is 9.77. The minimum Gasteiger partial charge on any atom is -0.252 e. The quantitative estimate of drug-likeness (QED) is 0.113. The van der Waals surface area contributed by atoms with Crippen LogP contribution in [0.2, 0.25) is 0 Å². The van der Waals surface area contributed by atoms with E-state index in [1.54, 1.807) is 29.8 Å². The van der Waals surface area contributed by atoms with Crippen LogP contribution in [0, 0.1) is 5.82 Å². The Labute approximate surface area is 293 Å². The van der Waals surface area contributed by atoms with E-state index < -0.39 is 5.54 Å². The van der Waals surface area contributed by atoms with Crippen molar-refractivity contribution in [3.8, 4) is 33.0 Å². The summed E-state index contributed by atoms with van der Waals surface area (Å²) in [6.45, 7) is 2.16. The standard InChI is InChI=1S/C42H31FN4S2/c1-2-48-39-25-24-38(49-39)41-35-26-30(20-23-37(35)44-28-45-41)36-27-47(46-40(36)29-18-21-34(43)22-19-29)42(31-12-6-3-7-13-31,32-14-8-4-9-15-32)33-16-10-5-11-17-33/h3-28H,2H2,1H3. The molecule has 0 atom stereocenters. The molecular formula is C42H31FN4S2. The first-order valence-electron chi connectivity index (χ1n) is 16.2. The van der Waals surface area contributed by atoms with Gasteiger partial charge in [-0.05, 0) is 76.5 Å². The molecule has 0 bridgehead atoms. The Bertz CT molecular complexity index is 2260. The van der Waals surface area contributed by atoms with Crippen molar-refractivity contribution in [1.82, 2.24) is 19.7 Å². The molecule has 0 saturated carbocycles. The van der Waals surface area contributed by atoms with Gasteiger partial charge in [0.2, 0.25) is 0 Å². The highest BCUT2D eigenvalue weighted by Crippen LogP contribution is 2.44. The minimum absolute atomic E-state index is 0.291. The Morgan fingerprint density at radius 2 is 1.29 bits per heavy atom. The summed E-state index contributed by atoms with van der Waals surface area (Å²) in [5, 5.41) is 6.40. The van der Waals surface area contributed by atoms with Crippen LogP contribution in [0.25, 0.3) is 43.9 Å². The van der Waals surface area contributed by atoms with Gasteiger partial charge in [0.05, 0.1) is 20.3 Å². The van der Waals surface area contributed by atoms with Crippen molar-refractivity contribution >= 4 is 34.0 Å². The fourth-order valence-electron chi connectivity index (χ4n) is 6.60. The monoisotopic (exact) mass is 674 g/mol. The van der Waals surface area contributed by atoms with Gasteiger partial charge in [-0.2, -0.15) is 5.10 Å². The molecule has 3 heterocycles. The van der Waals surface area contributed by atoms with E-state index in [4.69, 9.17) is 10.1 Å². The van der Waals surface area contributed by atoms with Crippen LogP contribution in [0.4, 0.5) is 4.39 Å². The van der Waals surface area contributed by atoms with Crippen LogP contribution >= 0.6 is 23.1 Å². The van der Waals surface area contributed by atoms with Gasteiger partial charge in [0.25, 0.3) is 0 Å². The summed E-state index contributed by atoms with van der Waals surface area (Å²) in [5.41, 5.74) is 7.63. The summed E-state index contributed by atoms with van der Waals surface area (Å²) in [7, 11) is 0. The van der Waals surface area contributed by atoms with Gasteiger partial charge in [-0.1, -0.05) is 104 Å². The number of thiophene rings is 1. The first kappa shape index (κ1) is 30.9. The van der Waals surface area contributed by atoms with E-state index in [1.807, 2.05) is 30.0 Å². The van der Waals surface area contributed by atoms with E-state index in [0.717, 1.165) is 66.3 Å². The van der Waals surface area contributed by atoms with Gasteiger partial charge < -0.3 is 0 Å². The molecular weight excluding hydrogens is 644 g/mol. The van der Waals surface area contributed by atoms with Gasteiger partial charge in [-0.3, -0.25) is 4.68 Å². The third-order valence-electron chi connectivity index (χ3n) is 8.80. The number of fused-ring (bicyclic) bond motifs is 1. The molecule has 4 nitrogen and oxygen atoms in total. The summed E-state index contributed by atoms with van der Waals surface area (Å²) in [5.74, 6) is 0.724. The van der Waals surface area contributed by atoms with Crippen molar-refractivity contribution in [3.63, 3.8) is 0 Å². The fourth-order valence-corrected chi connectivity index (χ4v) is 8.66. The number of rotatable bonds is 9. The third-order valence-corrected chi connectivity index (χ3v) is 11.0. The smallest absolute Gasteiger partial charge is 0.138 e. The van der Waals surface area contributed by atoms with Gasteiger partial charge in [0, 0.05) is 22.7 Å². The molecule has 8 aromatic rings. The van der Waals surface area contributed by atoms with Crippen LogP contribution in [0.1, 0.15) is 23.6 Å². The second-order valence-corrected chi connectivity index (χ2v) is 14.3. The number of hydrogen-bond donors (Lipinski definition) is 0. The molecule has 0 aliphatic rings.